The quantitative estimate of drug-likeness (QED) is 0.862. The Morgan fingerprint density at radius 2 is 1.78 bits per heavy atom. The number of nitrogens with zero attached hydrogens (tertiary/aromatic N) is 1. The Hall–Kier alpha value is -2.24. The molecule has 0 aliphatic heterocycles. The Kier molecular flexibility index (Phi) is 3.10. The van der Waals surface area contributed by atoms with Gasteiger partial charge in [-0.05, 0) is 24.3 Å². The van der Waals surface area contributed by atoms with Crippen LogP contribution >= 0.6 is 0 Å². The van der Waals surface area contributed by atoms with Gasteiger partial charge in [-0.25, -0.2) is 4.98 Å². The molecule has 0 unspecified atom stereocenters. The predicted octanol–water partition coefficient (Wildman–Crippen LogP) is 3.43. The van der Waals surface area contributed by atoms with Gasteiger partial charge in [-0.2, -0.15) is 13.2 Å². The number of alkyl halides is 3. The lowest BCUT2D eigenvalue weighted by Crippen LogP contribution is -2.08. The summed E-state index contributed by atoms with van der Waals surface area (Å²) in [5.74, 6) is 0.310. The van der Waals surface area contributed by atoms with Crippen LogP contribution in [0.25, 0.3) is 0 Å². The standard InChI is InChI=1S/C12H10F3N3/c13-12(14,15)9-3-1-2-4-10(9)18-8-5-6-11(16)17-7-8/h1-7,18H,(H2,16,17). The SMILES string of the molecule is Nc1ccc(Nc2ccccc2C(F)(F)F)cn1. The van der Waals surface area contributed by atoms with Gasteiger partial charge in [0, 0.05) is 0 Å². The van der Waals surface area contributed by atoms with Crippen molar-refractivity contribution in [3.63, 3.8) is 0 Å². The van der Waals surface area contributed by atoms with Crippen molar-refractivity contribution in [2.45, 2.75) is 6.18 Å². The number of hydrogen-bond donors (Lipinski definition) is 2. The van der Waals surface area contributed by atoms with Crippen LogP contribution in [-0.4, -0.2) is 4.98 Å². The molecule has 1 aromatic heterocycles. The number of benzene rings is 1. The molecular weight excluding hydrogens is 243 g/mol. The Labute approximate surface area is 101 Å². The lowest BCUT2D eigenvalue weighted by molar-refractivity contribution is -0.136. The van der Waals surface area contributed by atoms with Crippen LogP contribution in [0.15, 0.2) is 42.6 Å². The first-order chi connectivity index (χ1) is 8.47. The highest BCUT2D eigenvalue weighted by Crippen LogP contribution is 2.35. The van der Waals surface area contributed by atoms with Crippen LogP contribution in [-0.2, 0) is 6.18 Å². The first-order valence-corrected chi connectivity index (χ1v) is 5.11. The van der Waals surface area contributed by atoms with Crippen molar-refractivity contribution in [2.75, 3.05) is 11.1 Å². The van der Waals surface area contributed by atoms with E-state index in [1.807, 2.05) is 0 Å². The van der Waals surface area contributed by atoms with Gasteiger partial charge >= 0.3 is 6.18 Å². The van der Waals surface area contributed by atoms with E-state index in [1.165, 1.54) is 30.5 Å². The molecule has 0 fully saturated rings. The number of nitrogens with two attached hydrogens (primary N) is 1. The number of hydrogen-bond acceptors (Lipinski definition) is 3. The zero-order valence-corrected chi connectivity index (χ0v) is 9.20. The third kappa shape index (κ3) is 2.71. The molecule has 18 heavy (non-hydrogen) atoms. The minimum absolute atomic E-state index is 0.0171. The Bertz CT molecular complexity index is 535. The van der Waals surface area contributed by atoms with E-state index < -0.39 is 11.7 Å². The van der Waals surface area contributed by atoms with Crippen LogP contribution in [0.3, 0.4) is 0 Å². The van der Waals surface area contributed by atoms with Crippen molar-refractivity contribution >= 4 is 17.2 Å². The van der Waals surface area contributed by atoms with Crippen molar-refractivity contribution in [1.82, 2.24) is 4.98 Å². The van der Waals surface area contributed by atoms with Gasteiger partial charge in [-0.1, -0.05) is 12.1 Å². The summed E-state index contributed by atoms with van der Waals surface area (Å²) in [7, 11) is 0. The lowest BCUT2D eigenvalue weighted by atomic mass is 10.1. The molecular formula is C12H10F3N3. The molecule has 0 saturated heterocycles. The number of halogens is 3. The molecule has 0 atom stereocenters. The summed E-state index contributed by atoms with van der Waals surface area (Å²) < 4.78 is 38.2. The maximum absolute atomic E-state index is 12.7. The maximum Gasteiger partial charge on any atom is 0.418 e. The van der Waals surface area contributed by atoms with Crippen molar-refractivity contribution in [3.05, 3.63) is 48.2 Å². The van der Waals surface area contributed by atoms with Gasteiger partial charge in [-0.15, -0.1) is 0 Å². The summed E-state index contributed by atoms with van der Waals surface area (Å²) in [6.45, 7) is 0. The molecule has 3 N–H and O–H groups in total. The van der Waals surface area contributed by atoms with E-state index in [1.54, 1.807) is 6.07 Å². The fourth-order valence-electron chi connectivity index (χ4n) is 1.47. The minimum Gasteiger partial charge on any atom is -0.384 e. The summed E-state index contributed by atoms with van der Waals surface area (Å²) in [5, 5.41) is 2.67. The monoisotopic (exact) mass is 253 g/mol. The van der Waals surface area contributed by atoms with Crippen molar-refractivity contribution < 1.29 is 13.2 Å². The molecule has 0 amide bonds. The second-order valence-electron chi connectivity index (χ2n) is 3.64. The first kappa shape index (κ1) is 12.2. The van der Waals surface area contributed by atoms with Crippen LogP contribution in [0.4, 0.5) is 30.4 Å². The highest BCUT2D eigenvalue weighted by atomic mass is 19.4. The largest absolute Gasteiger partial charge is 0.418 e. The van der Waals surface area contributed by atoms with Gasteiger partial charge in [0.15, 0.2) is 0 Å². The number of nitrogens with one attached hydrogen (secondary N) is 1. The average Bonchev–Trinajstić information content (AvgIpc) is 2.31. The highest BCUT2D eigenvalue weighted by Gasteiger charge is 2.33. The van der Waals surface area contributed by atoms with E-state index in [2.05, 4.69) is 10.3 Å². The maximum atomic E-state index is 12.7. The van der Waals surface area contributed by atoms with E-state index >= 15 is 0 Å². The summed E-state index contributed by atoms with van der Waals surface area (Å²) in [6, 6.07) is 8.33. The molecule has 0 radical (unpaired) electrons. The summed E-state index contributed by atoms with van der Waals surface area (Å²) >= 11 is 0. The highest BCUT2D eigenvalue weighted by molar-refractivity contribution is 5.63. The van der Waals surface area contributed by atoms with Gasteiger partial charge in [0.1, 0.15) is 5.82 Å². The molecule has 0 aliphatic carbocycles. The Morgan fingerprint density at radius 1 is 1.06 bits per heavy atom. The summed E-state index contributed by atoms with van der Waals surface area (Å²) in [5.41, 5.74) is 5.11. The third-order valence-electron chi connectivity index (χ3n) is 2.30. The van der Waals surface area contributed by atoms with Gasteiger partial charge in [0.05, 0.1) is 23.1 Å². The Morgan fingerprint density at radius 3 is 2.39 bits per heavy atom. The van der Waals surface area contributed by atoms with E-state index in [9.17, 15) is 13.2 Å². The normalized spacial score (nSPS) is 11.3. The number of para-hydroxylation sites is 1. The zero-order valence-electron chi connectivity index (χ0n) is 9.20. The van der Waals surface area contributed by atoms with Crippen molar-refractivity contribution in [3.8, 4) is 0 Å². The Balaban J connectivity index is 2.32. The molecule has 94 valence electrons. The number of anilines is 3. The van der Waals surface area contributed by atoms with E-state index in [-0.39, 0.29) is 5.69 Å². The van der Waals surface area contributed by atoms with Crippen molar-refractivity contribution in [2.24, 2.45) is 0 Å². The van der Waals surface area contributed by atoms with Gasteiger partial charge < -0.3 is 11.1 Å². The minimum atomic E-state index is -4.40. The van der Waals surface area contributed by atoms with Gasteiger partial charge in [0.25, 0.3) is 0 Å². The van der Waals surface area contributed by atoms with Crippen LogP contribution in [0.1, 0.15) is 5.56 Å². The molecule has 3 nitrogen and oxygen atoms in total. The van der Waals surface area contributed by atoms with Crippen LogP contribution < -0.4 is 11.1 Å². The number of rotatable bonds is 2. The van der Waals surface area contributed by atoms with Crippen LogP contribution in [0.5, 0.6) is 0 Å². The zero-order chi connectivity index (χ0) is 13.2. The lowest BCUT2D eigenvalue weighted by Gasteiger charge is -2.14. The number of pyridine rings is 1. The fourth-order valence-corrected chi connectivity index (χ4v) is 1.47. The number of aromatic nitrogens is 1. The molecule has 1 aromatic carbocycles. The number of nitrogen functional groups attached to an aromatic ring is 1. The van der Waals surface area contributed by atoms with E-state index in [0.717, 1.165) is 6.07 Å². The van der Waals surface area contributed by atoms with Crippen LogP contribution in [0, 0.1) is 0 Å². The average molecular weight is 253 g/mol. The molecule has 0 saturated carbocycles. The molecule has 2 rings (SSSR count). The molecule has 2 aromatic rings. The molecule has 0 aliphatic rings. The summed E-state index contributed by atoms with van der Waals surface area (Å²) in [6.07, 6.45) is -3.02. The smallest absolute Gasteiger partial charge is 0.384 e. The van der Waals surface area contributed by atoms with Crippen molar-refractivity contribution in [1.29, 1.82) is 0 Å². The molecule has 1 heterocycles. The second-order valence-corrected chi connectivity index (χ2v) is 3.64. The van der Waals surface area contributed by atoms with Gasteiger partial charge in [0.2, 0.25) is 0 Å². The van der Waals surface area contributed by atoms with E-state index in [0.29, 0.717) is 11.5 Å². The predicted molar refractivity (Wildman–Crippen MR) is 63.4 cm³/mol. The topological polar surface area (TPSA) is 50.9 Å². The first-order valence-electron chi connectivity index (χ1n) is 5.11. The summed E-state index contributed by atoms with van der Waals surface area (Å²) in [4.78, 5) is 3.80. The fraction of sp³-hybridized carbons (Fsp3) is 0.0833. The van der Waals surface area contributed by atoms with E-state index in [4.69, 9.17) is 5.73 Å². The second kappa shape index (κ2) is 4.56. The molecule has 6 heteroatoms. The molecule has 0 spiro atoms. The van der Waals surface area contributed by atoms with Crippen LogP contribution in [0.2, 0.25) is 0 Å². The van der Waals surface area contributed by atoms with Gasteiger partial charge in [-0.3, -0.25) is 0 Å². The molecule has 0 bridgehead atoms. The third-order valence-corrected chi connectivity index (χ3v) is 2.30.